The number of aryl methyl sites for hydroxylation is 1. The Balaban J connectivity index is 2.14. The molecule has 2 aromatic carbocycles. The number of likely N-dealkylation sites (N-methyl/N-ethyl adjacent to an activating group) is 1. The molecule has 0 aliphatic rings. The van der Waals surface area contributed by atoms with Crippen LogP contribution in [0.3, 0.4) is 0 Å². The van der Waals surface area contributed by atoms with Gasteiger partial charge in [-0.15, -0.1) is 0 Å². The van der Waals surface area contributed by atoms with Gasteiger partial charge < -0.3 is 4.90 Å². The summed E-state index contributed by atoms with van der Waals surface area (Å²) in [6.45, 7) is 1.95. The van der Waals surface area contributed by atoms with E-state index >= 15 is 0 Å². The van der Waals surface area contributed by atoms with Crippen LogP contribution in [0.1, 0.15) is 11.1 Å². The number of hydrogen-bond acceptors (Lipinski definition) is 3. The van der Waals surface area contributed by atoms with Crippen molar-refractivity contribution in [1.82, 2.24) is 4.31 Å². The van der Waals surface area contributed by atoms with Crippen molar-refractivity contribution < 1.29 is 13.2 Å². The summed E-state index contributed by atoms with van der Waals surface area (Å²) in [5, 5.41) is 0. The van der Waals surface area contributed by atoms with Crippen LogP contribution in [0, 0.1) is 6.92 Å². The molecule has 0 atom stereocenters. The van der Waals surface area contributed by atoms with Gasteiger partial charge >= 0.3 is 0 Å². The second-order valence-corrected chi connectivity index (χ2v) is 7.79. The van der Waals surface area contributed by atoms with Crippen LogP contribution in [0.2, 0.25) is 0 Å². The van der Waals surface area contributed by atoms with E-state index in [0.717, 1.165) is 23.1 Å². The Labute approximate surface area is 143 Å². The van der Waals surface area contributed by atoms with E-state index in [0.29, 0.717) is 0 Å². The number of benzene rings is 2. The topological polar surface area (TPSA) is 57.7 Å². The predicted molar refractivity (Wildman–Crippen MR) is 96.3 cm³/mol. The second-order valence-electron chi connectivity index (χ2n) is 5.80. The first kappa shape index (κ1) is 18.2. The molecule has 2 rings (SSSR count). The van der Waals surface area contributed by atoms with Crippen molar-refractivity contribution in [3.05, 3.63) is 65.7 Å². The Morgan fingerprint density at radius 2 is 1.58 bits per heavy atom. The Morgan fingerprint density at radius 1 is 1.00 bits per heavy atom. The van der Waals surface area contributed by atoms with Gasteiger partial charge in [-0.1, -0.05) is 48.0 Å². The van der Waals surface area contributed by atoms with E-state index in [-0.39, 0.29) is 19.0 Å². The van der Waals surface area contributed by atoms with Crippen molar-refractivity contribution in [3.8, 4) is 0 Å². The first-order valence-electron chi connectivity index (χ1n) is 7.59. The number of carbonyl (C=O) groups excluding carboxylic acids is 1. The van der Waals surface area contributed by atoms with Crippen LogP contribution in [0.25, 0.3) is 0 Å². The van der Waals surface area contributed by atoms with E-state index in [1.165, 1.54) is 9.21 Å². The molecule has 2 aromatic rings. The number of rotatable bonds is 6. The summed E-state index contributed by atoms with van der Waals surface area (Å²) in [6.07, 6.45) is 1.12. The average molecular weight is 346 g/mol. The van der Waals surface area contributed by atoms with Gasteiger partial charge in [0.2, 0.25) is 15.9 Å². The van der Waals surface area contributed by atoms with E-state index in [9.17, 15) is 13.2 Å². The minimum atomic E-state index is -3.50. The minimum Gasteiger partial charge on any atom is -0.314 e. The molecule has 1 amide bonds. The number of hydrogen-bond donors (Lipinski definition) is 0. The number of nitrogens with zero attached hydrogens (tertiary/aromatic N) is 2. The fourth-order valence-electron chi connectivity index (χ4n) is 2.24. The SMILES string of the molecule is Cc1ccc(CN(CC(=O)N(C)c2ccccc2)S(C)(=O)=O)cc1. The molecule has 128 valence electrons. The fraction of sp³-hybridized carbons (Fsp3) is 0.278. The van der Waals surface area contributed by atoms with Gasteiger partial charge in [-0.2, -0.15) is 4.31 Å². The molecular weight excluding hydrogens is 324 g/mol. The van der Waals surface area contributed by atoms with Gasteiger partial charge in [0.1, 0.15) is 0 Å². The molecule has 0 N–H and O–H groups in total. The minimum absolute atomic E-state index is 0.174. The summed E-state index contributed by atoms with van der Waals surface area (Å²) in [5.41, 5.74) is 2.68. The predicted octanol–water partition coefficient (Wildman–Crippen LogP) is 2.42. The zero-order valence-electron chi connectivity index (χ0n) is 14.1. The van der Waals surface area contributed by atoms with Crippen molar-refractivity contribution in [3.63, 3.8) is 0 Å². The quantitative estimate of drug-likeness (QED) is 0.807. The third kappa shape index (κ3) is 4.91. The molecule has 0 aromatic heterocycles. The number of amides is 1. The summed E-state index contributed by atoms with van der Waals surface area (Å²) in [6, 6.07) is 16.7. The van der Waals surface area contributed by atoms with E-state index in [1.807, 2.05) is 61.5 Å². The highest BCUT2D eigenvalue weighted by molar-refractivity contribution is 7.88. The highest BCUT2D eigenvalue weighted by Gasteiger charge is 2.23. The van der Waals surface area contributed by atoms with Crippen molar-refractivity contribution in [2.24, 2.45) is 0 Å². The van der Waals surface area contributed by atoms with Gasteiger partial charge in [0, 0.05) is 19.3 Å². The smallest absolute Gasteiger partial charge is 0.242 e. The molecule has 0 unspecified atom stereocenters. The third-order valence-corrected chi connectivity index (χ3v) is 4.97. The molecule has 0 heterocycles. The maximum Gasteiger partial charge on any atom is 0.242 e. The molecule has 6 heteroatoms. The van der Waals surface area contributed by atoms with Gasteiger partial charge in [0.05, 0.1) is 12.8 Å². The van der Waals surface area contributed by atoms with Gasteiger partial charge in [0.25, 0.3) is 0 Å². The summed E-state index contributed by atoms with van der Waals surface area (Å²) < 4.78 is 25.3. The van der Waals surface area contributed by atoms with E-state index in [1.54, 1.807) is 7.05 Å². The van der Waals surface area contributed by atoms with Crippen molar-refractivity contribution in [2.75, 3.05) is 24.7 Å². The third-order valence-electron chi connectivity index (χ3n) is 3.78. The number of sulfonamides is 1. The Kier molecular flexibility index (Phi) is 5.75. The first-order chi connectivity index (χ1) is 11.3. The second kappa shape index (κ2) is 7.59. The number of anilines is 1. The summed E-state index contributed by atoms with van der Waals surface area (Å²) in [7, 11) is -1.86. The van der Waals surface area contributed by atoms with E-state index in [4.69, 9.17) is 0 Å². The molecule has 0 saturated heterocycles. The molecule has 0 aliphatic heterocycles. The first-order valence-corrected chi connectivity index (χ1v) is 9.44. The van der Waals surface area contributed by atoms with Crippen molar-refractivity contribution >= 4 is 21.6 Å². The molecule has 0 bridgehead atoms. The van der Waals surface area contributed by atoms with Crippen LogP contribution >= 0.6 is 0 Å². The lowest BCUT2D eigenvalue weighted by Crippen LogP contribution is -2.40. The summed E-state index contributed by atoms with van der Waals surface area (Å²) in [4.78, 5) is 13.9. The number of para-hydroxylation sites is 1. The van der Waals surface area contributed by atoms with Crippen molar-refractivity contribution in [2.45, 2.75) is 13.5 Å². The van der Waals surface area contributed by atoms with Gasteiger partial charge in [-0.3, -0.25) is 4.79 Å². The highest BCUT2D eigenvalue weighted by atomic mass is 32.2. The molecule has 0 spiro atoms. The van der Waals surface area contributed by atoms with E-state index < -0.39 is 10.0 Å². The lowest BCUT2D eigenvalue weighted by Gasteiger charge is -2.23. The highest BCUT2D eigenvalue weighted by Crippen LogP contribution is 2.14. The molecule has 5 nitrogen and oxygen atoms in total. The molecular formula is C18H22N2O3S. The van der Waals surface area contributed by atoms with Gasteiger partial charge in [-0.25, -0.2) is 8.42 Å². The molecule has 24 heavy (non-hydrogen) atoms. The summed E-state index contributed by atoms with van der Waals surface area (Å²) >= 11 is 0. The molecule has 0 radical (unpaired) electrons. The van der Waals surface area contributed by atoms with Crippen LogP contribution in [-0.2, 0) is 21.4 Å². The lowest BCUT2D eigenvalue weighted by atomic mass is 10.1. The zero-order chi connectivity index (χ0) is 17.7. The van der Waals surface area contributed by atoms with E-state index in [2.05, 4.69) is 0 Å². The maximum atomic E-state index is 12.5. The Morgan fingerprint density at radius 3 is 2.12 bits per heavy atom. The van der Waals surface area contributed by atoms with Gasteiger partial charge in [0.15, 0.2) is 0 Å². The molecule has 0 fully saturated rings. The van der Waals surface area contributed by atoms with Crippen LogP contribution in [0.5, 0.6) is 0 Å². The standard InChI is InChI=1S/C18H22N2O3S/c1-15-9-11-16(12-10-15)13-20(24(3,22)23)14-18(21)19(2)17-7-5-4-6-8-17/h4-12H,13-14H2,1-3H3. The Hall–Kier alpha value is -2.18. The van der Waals surface area contributed by atoms with Gasteiger partial charge in [-0.05, 0) is 24.6 Å². The number of carbonyl (C=O) groups is 1. The Bertz CT molecular complexity index is 787. The normalized spacial score (nSPS) is 11.5. The monoisotopic (exact) mass is 346 g/mol. The maximum absolute atomic E-state index is 12.5. The molecule has 0 aliphatic carbocycles. The zero-order valence-corrected chi connectivity index (χ0v) is 15.0. The van der Waals surface area contributed by atoms with Crippen LogP contribution < -0.4 is 4.90 Å². The van der Waals surface area contributed by atoms with Crippen LogP contribution in [0.15, 0.2) is 54.6 Å². The average Bonchev–Trinajstić information content (AvgIpc) is 2.55. The van der Waals surface area contributed by atoms with Crippen LogP contribution in [-0.4, -0.2) is 38.5 Å². The van der Waals surface area contributed by atoms with Crippen LogP contribution in [0.4, 0.5) is 5.69 Å². The summed E-state index contributed by atoms with van der Waals surface area (Å²) in [5.74, 6) is -0.279. The fourth-order valence-corrected chi connectivity index (χ4v) is 2.97. The van der Waals surface area contributed by atoms with Crippen molar-refractivity contribution in [1.29, 1.82) is 0 Å². The molecule has 0 saturated carbocycles. The lowest BCUT2D eigenvalue weighted by molar-refractivity contribution is -0.118. The largest absolute Gasteiger partial charge is 0.314 e.